The van der Waals surface area contributed by atoms with Gasteiger partial charge in [-0.15, -0.1) is 0 Å². The van der Waals surface area contributed by atoms with Gasteiger partial charge in [-0.3, -0.25) is 0 Å². The predicted octanol–water partition coefficient (Wildman–Crippen LogP) is 3.52. The SMILES string of the molecule is CC1CC(C)CC(OC2CC(O)C23CCCC3)C1. The van der Waals surface area contributed by atoms with E-state index in [1.165, 1.54) is 44.9 Å². The largest absolute Gasteiger partial charge is 0.392 e. The van der Waals surface area contributed by atoms with Crippen LogP contribution in [0.3, 0.4) is 0 Å². The lowest BCUT2D eigenvalue weighted by Gasteiger charge is -2.53. The molecular formula is C16H28O2. The molecule has 2 nitrogen and oxygen atoms in total. The maximum Gasteiger partial charge on any atom is 0.0684 e. The molecule has 1 spiro atoms. The molecule has 4 atom stereocenters. The molecule has 3 rings (SSSR count). The normalized spacial score (nSPS) is 47.2. The van der Waals surface area contributed by atoms with Gasteiger partial charge in [-0.1, -0.05) is 26.7 Å². The molecule has 0 aromatic heterocycles. The molecule has 0 bridgehead atoms. The van der Waals surface area contributed by atoms with E-state index in [-0.39, 0.29) is 11.5 Å². The summed E-state index contributed by atoms with van der Waals surface area (Å²) >= 11 is 0. The Morgan fingerprint density at radius 2 is 1.56 bits per heavy atom. The quantitative estimate of drug-likeness (QED) is 0.815. The molecular weight excluding hydrogens is 224 g/mol. The van der Waals surface area contributed by atoms with Crippen LogP contribution in [0, 0.1) is 17.3 Å². The molecule has 0 saturated heterocycles. The summed E-state index contributed by atoms with van der Waals surface area (Å²) in [5.74, 6) is 1.62. The van der Waals surface area contributed by atoms with E-state index in [9.17, 15) is 5.11 Å². The van der Waals surface area contributed by atoms with Gasteiger partial charge in [0.25, 0.3) is 0 Å². The fourth-order valence-electron chi connectivity index (χ4n) is 4.82. The van der Waals surface area contributed by atoms with E-state index in [1.807, 2.05) is 0 Å². The van der Waals surface area contributed by atoms with Crippen LogP contribution in [0.2, 0.25) is 0 Å². The van der Waals surface area contributed by atoms with Gasteiger partial charge in [0.1, 0.15) is 0 Å². The van der Waals surface area contributed by atoms with E-state index < -0.39 is 0 Å². The minimum absolute atomic E-state index is 0.0802. The first-order chi connectivity index (χ1) is 8.60. The Kier molecular flexibility index (Phi) is 3.44. The second-order valence-electron chi connectivity index (χ2n) is 7.36. The summed E-state index contributed by atoms with van der Waals surface area (Å²) in [4.78, 5) is 0. The van der Waals surface area contributed by atoms with Crippen LogP contribution in [-0.2, 0) is 4.74 Å². The van der Waals surface area contributed by atoms with Gasteiger partial charge >= 0.3 is 0 Å². The zero-order valence-corrected chi connectivity index (χ0v) is 11.9. The van der Waals surface area contributed by atoms with E-state index in [4.69, 9.17) is 4.74 Å². The second kappa shape index (κ2) is 4.79. The predicted molar refractivity (Wildman–Crippen MR) is 72.4 cm³/mol. The number of hydrogen-bond acceptors (Lipinski definition) is 2. The molecule has 0 aromatic carbocycles. The van der Waals surface area contributed by atoms with Gasteiger partial charge in [-0.2, -0.15) is 0 Å². The van der Waals surface area contributed by atoms with Crippen molar-refractivity contribution in [2.75, 3.05) is 0 Å². The van der Waals surface area contributed by atoms with Crippen molar-refractivity contribution in [3.8, 4) is 0 Å². The molecule has 0 amide bonds. The average Bonchev–Trinajstić information content (AvgIpc) is 2.79. The Bertz CT molecular complexity index is 285. The van der Waals surface area contributed by atoms with E-state index >= 15 is 0 Å². The molecule has 18 heavy (non-hydrogen) atoms. The van der Waals surface area contributed by atoms with E-state index in [2.05, 4.69) is 13.8 Å². The van der Waals surface area contributed by atoms with Crippen LogP contribution in [0.4, 0.5) is 0 Å². The number of hydrogen-bond donors (Lipinski definition) is 1. The lowest BCUT2D eigenvalue weighted by molar-refractivity contribution is -0.215. The highest BCUT2D eigenvalue weighted by Gasteiger charge is 2.56. The average molecular weight is 252 g/mol. The van der Waals surface area contributed by atoms with Crippen molar-refractivity contribution < 1.29 is 9.84 Å². The molecule has 3 aliphatic rings. The first-order valence-electron chi connectivity index (χ1n) is 7.93. The number of ether oxygens (including phenoxy) is 1. The summed E-state index contributed by atoms with van der Waals surface area (Å²) in [5, 5.41) is 10.1. The third-order valence-corrected chi connectivity index (χ3v) is 5.77. The second-order valence-corrected chi connectivity index (χ2v) is 7.36. The maximum absolute atomic E-state index is 10.1. The zero-order chi connectivity index (χ0) is 12.8. The Morgan fingerprint density at radius 1 is 0.944 bits per heavy atom. The monoisotopic (exact) mass is 252 g/mol. The first kappa shape index (κ1) is 12.9. The fraction of sp³-hybridized carbons (Fsp3) is 1.00. The maximum atomic E-state index is 10.1. The highest BCUT2D eigenvalue weighted by atomic mass is 16.5. The molecule has 3 fully saturated rings. The van der Waals surface area contributed by atoms with Crippen LogP contribution in [0.25, 0.3) is 0 Å². The van der Waals surface area contributed by atoms with Gasteiger partial charge in [0, 0.05) is 11.8 Å². The van der Waals surface area contributed by atoms with Gasteiger partial charge in [0.05, 0.1) is 18.3 Å². The number of rotatable bonds is 2. The van der Waals surface area contributed by atoms with Crippen LogP contribution in [-0.4, -0.2) is 23.4 Å². The summed E-state index contributed by atoms with van der Waals surface area (Å²) in [6.07, 6.45) is 10.4. The summed E-state index contributed by atoms with van der Waals surface area (Å²) in [7, 11) is 0. The molecule has 3 saturated carbocycles. The summed E-state index contributed by atoms with van der Waals surface area (Å²) < 4.78 is 6.42. The van der Waals surface area contributed by atoms with Crippen LogP contribution >= 0.6 is 0 Å². The van der Waals surface area contributed by atoms with Crippen molar-refractivity contribution >= 4 is 0 Å². The highest BCUT2D eigenvalue weighted by molar-refractivity contribution is 5.06. The van der Waals surface area contributed by atoms with Crippen LogP contribution in [0.15, 0.2) is 0 Å². The molecule has 104 valence electrons. The zero-order valence-electron chi connectivity index (χ0n) is 11.9. The third kappa shape index (κ3) is 2.12. The van der Waals surface area contributed by atoms with E-state index in [1.54, 1.807) is 0 Å². The Labute approximate surface area is 111 Å². The van der Waals surface area contributed by atoms with Gasteiger partial charge < -0.3 is 9.84 Å². The summed E-state index contributed by atoms with van der Waals surface area (Å²) in [6, 6.07) is 0. The molecule has 2 heteroatoms. The van der Waals surface area contributed by atoms with Crippen molar-refractivity contribution in [3.63, 3.8) is 0 Å². The molecule has 0 aromatic rings. The Morgan fingerprint density at radius 3 is 2.11 bits per heavy atom. The van der Waals surface area contributed by atoms with Gasteiger partial charge in [0.2, 0.25) is 0 Å². The molecule has 1 N–H and O–H groups in total. The third-order valence-electron chi connectivity index (χ3n) is 5.77. The lowest BCUT2D eigenvalue weighted by Crippen LogP contribution is -2.57. The van der Waals surface area contributed by atoms with Gasteiger partial charge in [-0.25, -0.2) is 0 Å². The van der Waals surface area contributed by atoms with Crippen molar-refractivity contribution in [3.05, 3.63) is 0 Å². The van der Waals surface area contributed by atoms with Crippen LogP contribution in [0.1, 0.15) is 65.2 Å². The topological polar surface area (TPSA) is 29.5 Å². The first-order valence-corrected chi connectivity index (χ1v) is 7.93. The van der Waals surface area contributed by atoms with Crippen molar-refractivity contribution in [1.29, 1.82) is 0 Å². The standard InChI is InChI=1S/C16H28O2/c1-11-7-12(2)9-13(8-11)18-15-10-14(17)16(15)5-3-4-6-16/h11-15,17H,3-10H2,1-2H3. The van der Waals surface area contributed by atoms with E-state index in [0.29, 0.717) is 12.2 Å². The highest BCUT2D eigenvalue weighted by Crippen LogP contribution is 2.55. The number of aliphatic hydroxyl groups excluding tert-OH is 1. The van der Waals surface area contributed by atoms with Crippen molar-refractivity contribution in [2.24, 2.45) is 17.3 Å². The van der Waals surface area contributed by atoms with E-state index in [0.717, 1.165) is 18.3 Å². The Balaban J connectivity index is 1.60. The smallest absolute Gasteiger partial charge is 0.0684 e. The minimum Gasteiger partial charge on any atom is -0.392 e. The molecule has 4 unspecified atom stereocenters. The van der Waals surface area contributed by atoms with Crippen molar-refractivity contribution in [2.45, 2.75) is 83.5 Å². The molecule has 0 heterocycles. The van der Waals surface area contributed by atoms with Crippen molar-refractivity contribution in [1.82, 2.24) is 0 Å². The lowest BCUT2D eigenvalue weighted by atomic mass is 9.62. The van der Waals surface area contributed by atoms with Crippen LogP contribution < -0.4 is 0 Å². The fourth-order valence-corrected chi connectivity index (χ4v) is 4.82. The molecule has 3 aliphatic carbocycles. The molecule has 0 aliphatic heterocycles. The van der Waals surface area contributed by atoms with Crippen LogP contribution in [0.5, 0.6) is 0 Å². The van der Waals surface area contributed by atoms with Gasteiger partial charge in [0.15, 0.2) is 0 Å². The molecule has 0 radical (unpaired) electrons. The Hall–Kier alpha value is -0.0800. The number of aliphatic hydroxyl groups is 1. The van der Waals surface area contributed by atoms with Gasteiger partial charge in [-0.05, 0) is 43.9 Å². The minimum atomic E-state index is -0.0802. The summed E-state index contributed by atoms with van der Waals surface area (Å²) in [5.41, 5.74) is 0.157. The summed E-state index contributed by atoms with van der Waals surface area (Å²) in [6.45, 7) is 4.71.